The summed E-state index contributed by atoms with van der Waals surface area (Å²) in [6, 6.07) is 5.68. The third-order valence-corrected chi connectivity index (χ3v) is 1.69. The Balaban J connectivity index is 2.67. The topological polar surface area (TPSA) is 41.0 Å². The maximum absolute atomic E-state index is 4.49. The molecular formula is C8H5N3S. The molecule has 0 fully saturated rings. The first-order chi connectivity index (χ1) is 5.90. The molecule has 1 heterocycles. The van der Waals surface area contributed by atoms with Gasteiger partial charge in [0.2, 0.25) is 0 Å². The van der Waals surface area contributed by atoms with Crippen LogP contribution in [0.1, 0.15) is 0 Å². The first kappa shape index (κ1) is 7.16. The van der Waals surface area contributed by atoms with Gasteiger partial charge in [-0.15, -0.1) is 0 Å². The highest BCUT2D eigenvalue weighted by atomic mass is 32.1. The molecule has 2 aromatic rings. The fraction of sp³-hybridized carbons (Fsp3) is 0. The van der Waals surface area contributed by atoms with Gasteiger partial charge in [-0.1, -0.05) is 0 Å². The van der Waals surface area contributed by atoms with E-state index in [2.05, 4.69) is 32.6 Å². The predicted octanol–water partition coefficient (Wildman–Crippen LogP) is 2.30. The summed E-state index contributed by atoms with van der Waals surface area (Å²) in [5.41, 5.74) is 1.75. The van der Waals surface area contributed by atoms with Crippen molar-refractivity contribution in [2.75, 3.05) is 0 Å². The summed E-state index contributed by atoms with van der Waals surface area (Å²) < 4.78 is 0. The van der Waals surface area contributed by atoms with Crippen LogP contribution in [0.5, 0.6) is 0 Å². The average Bonchev–Trinajstić information content (AvgIpc) is 2.51. The summed E-state index contributed by atoms with van der Waals surface area (Å²) in [7, 11) is 0. The second kappa shape index (κ2) is 2.85. The molecule has 1 aromatic carbocycles. The van der Waals surface area contributed by atoms with E-state index in [-0.39, 0.29) is 0 Å². The van der Waals surface area contributed by atoms with E-state index in [0.717, 1.165) is 16.6 Å². The number of nitrogens with one attached hydrogen (secondary N) is 1. The normalized spacial score (nSPS) is 9.67. The number of hydrogen-bond donors (Lipinski definition) is 1. The van der Waals surface area contributed by atoms with Crippen LogP contribution in [0, 0.1) is 0 Å². The zero-order valence-electron chi connectivity index (χ0n) is 6.11. The van der Waals surface area contributed by atoms with Crippen LogP contribution in [0.3, 0.4) is 0 Å². The van der Waals surface area contributed by atoms with Gasteiger partial charge in [0.05, 0.1) is 22.6 Å². The maximum Gasteiger partial charge on any atom is 0.0761 e. The molecule has 4 heteroatoms. The van der Waals surface area contributed by atoms with E-state index < -0.39 is 0 Å². The number of thiocarbonyl (C=S) groups is 1. The van der Waals surface area contributed by atoms with E-state index in [9.17, 15) is 0 Å². The Morgan fingerprint density at radius 3 is 3.25 bits per heavy atom. The maximum atomic E-state index is 4.49. The first-order valence-electron chi connectivity index (χ1n) is 3.41. The van der Waals surface area contributed by atoms with Crippen molar-refractivity contribution in [3.8, 4) is 0 Å². The molecule has 0 aliphatic heterocycles. The zero-order chi connectivity index (χ0) is 8.39. The molecule has 12 heavy (non-hydrogen) atoms. The lowest BCUT2D eigenvalue weighted by Gasteiger charge is -1.89. The monoisotopic (exact) mass is 175 g/mol. The SMILES string of the molecule is S=C=Nc1ccc2cn[nH]c2c1. The predicted molar refractivity (Wildman–Crippen MR) is 50.8 cm³/mol. The molecule has 0 atom stereocenters. The van der Waals surface area contributed by atoms with Gasteiger partial charge in [-0.05, 0) is 30.4 Å². The van der Waals surface area contributed by atoms with Gasteiger partial charge < -0.3 is 0 Å². The Morgan fingerprint density at radius 1 is 1.50 bits per heavy atom. The summed E-state index contributed by atoms with van der Waals surface area (Å²) in [4.78, 5) is 3.85. The minimum Gasteiger partial charge on any atom is -0.278 e. The number of rotatable bonds is 1. The molecule has 1 aromatic heterocycles. The zero-order valence-corrected chi connectivity index (χ0v) is 6.93. The molecule has 0 amide bonds. The van der Waals surface area contributed by atoms with E-state index in [1.165, 1.54) is 0 Å². The molecule has 0 unspecified atom stereocenters. The molecule has 0 bridgehead atoms. The minimum absolute atomic E-state index is 0.793. The Morgan fingerprint density at radius 2 is 2.42 bits per heavy atom. The van der Waals surface area contributed by atoms with Gasteiger partial charge in [0.25, 0.3) is 0 Å². The molecule has 58 valence electrons. The molecule has 1 N–H and O–H groups in total. The highest BCUT2D eigenvalue weighted by Gasteiger charge is 1.94. The standard InChI is InChI=1S/C8H5N3S/c12-5-9-7-2-1-6-4-10-11-8(6)3-7/h1-4H,(H,10,11). The van der Waals surface area contributed by atoms with Crippen molar-refractivity contribution in [2.45, 2.75) is 0 Å². The van der Waals surface area contributed by atoms with E-state index in [4.69, 9.17) is 0 Å². The third-order valence-electron chi connectivity index (χ3n) is 1.60. The molecule has 0 aliphatic rings. The van der Waals surface area contributed by atoms with E-state index in [1.54, 1.807) is 6.20 Å². The Kier molecular flexibility index (Phi) is 1.70. The fourth-order valence-electron chi connectivity index (χ4n) is 1.05. The first-order valence-corrected chi connectivity index (χ1v) is 3.82. The van der Waals surface area contributed by atoms with Crippen molar-refractivity contribution in [3.63, 3.8) is 0 Å². The van der Waals surface area contributed by atoms with Crippen molar-refractivity contribution in [1.29, 1.82) is 0 Å². The number of isothiocyanates is 1. The van der Waals surface area contributed by atoms with Crippen LogP contribution in [-0.4, -0.2) is 15.4 Å². The largest absolute Gasteiger partial charge is 0.278 e. The lowest BCUT2D eigenvalue weighted by molar-refractivity contribution is 1.12. The summed E-state index contributed by atoms with van der Waals surface area (Å²) in [5, 5.41) is 10.1. The molecule has 3 nitrogen and oxygen atoms in total. The second-order valence-corrected chi connectivity index (χ2v) is 2.53. The fourth-order valence-corrected chi connectivity index (χ4v) is 1.15. The summed E-state index contributed by atoms with van der Waals surface area (Å²) in [5.74, 6) is 0. The number of aromatic nitrogens is 2. The van der Waals surface area contributed by atoms with Crippen molar-refractivity contribution >= 4 is 34.0 Å². The van der Waals surface area contributed by atoms with Crippen molar-refractivity contribution in [2.24, 2.45) is 4.99 Å². The Bertz CT molecular complexity index is 454. The van der Waals surface area contributed by atoms with Crippen LogP contribution in [0.4, 0.5) is 5.69 Å². The van der Waals surface area contributed by atoms with Gasteiger partial charge in [0.15, 0.2) is 0 Å². The second-order valence-electron chi connectivity index (χ2n) is 2.34. The van der Waals surface area contributed by atoms with Crippen LogP contribution in [0.15, 0.2) is 29.4 Å². The summed E-state index contributed by atoms with van der Waals surface area (Å²) in [6.45, 7) is 0. The number of fused-ring (bicyclic) bond motifs is 1. The Hall–Kier alpha value is -1.51. The summed E-state index contributed by atoms with van der Waals surface area (Å²) >= 11 is 4.49. The number of H-pyrrole nitrogens is 1. The lowest BCUT2D eigenvalue weighted by Crippen LogP contribution is -1.67. The van der Waals surface area contributed by atoms with Crippen LogP contribution in [0.2, 0.25) is 0 Å². The molecule has 0 saturated carbocycles. The summed E-state index contributed by atoms with van der Waals surface area (Å²) in [6.07, 6.45) is 1.76. The number of aromatic amines is 1. The van der Waals surface area contributed by atoms with E-state index in [0.29, 0.717) is 0 Å². The van der Waals surface area contributed by atoms with Gasteiger partial charge >= 0.3 is 0 Å². The molecule has 0 radical (unpaired) electrons. The smallest absolute Gasteiger partial charge is 0.0761 e. The van der Waals surface area contributed by atoms with Crippen LogP contribution in [-0.2, 0) is 0 Å². The Labute approximate surface area is 74.1 Å². The number of aliphatic imine (C=N–C) groups is 1. The molecular weight excluding hydrogens is 170 g/mol. The molecule has 0 aliphatic carbocycles. The molecule has 2 rings (SSSR count). The average molecular weight is 175 g/mol. The number of nitrogens with zero attached hydrogens (tertiary/aromatic N) is 2. The van der Waals surface area contributed by atoms with Gasteiger partial charge in [-0.2, -0.15) is 10.1 Å². The molecule has 0 saturated heterocycles. The third kappa shape index (κ3) is 1.13. The van der Waals surface area contributed by atoms with Gasteiger partial charge in [-0.25, -0.2) is 0 Å². The van der Waals surface area contributed by atoms with Gasteiger partial charge in [0.1, 0.15) is 0 Å². The van der Waals surface area contributed by atoms with Crippen molar-refractivity contribution in [3.05, 3.63) is 24.4 Å². The van der Waals surface area contributed by atoms with E-state index >= 15 is 0 Å². The van der Waals surface area contributed by atoms with Crippen LogP contribution in [0.25, 0.3) is 10.9 Å². The highest BCUT2D eigenvalue weighted by molar-refractivity contribution is 7.78. The highest BCUT2D eigenvalue weighted by Crippen LogP contribution is 2.18. The number of hydrogen-bond acceptors (Lipinski definition) is 3. The van der Waals surface area contributed by atoms with Crippen LogP contribution < -0.4 is 0 Å². The lowest BCUT2D eigenvalue weighted by atomic mass is 10.2. The van der Waals surface area contributed by atoms with E-state index in [1.807, 2.05) is 18.2 Å². The molecule has 0 spiro atoms. The van der Waals surface area contributed by atoms with Gasteiger partial charge in [-0.3, -0.25) is 5.10 Å². The minimum atomic E-state index is 0.793. The van der Waals surface area contributed by atoms with Gasteiger partial charge in [0, 0.05) is 5.39 Å². The van der Waals surface area contributed by atoms with Crippen molar-refractivity contribution < 1.29 is 0 Å². The number of benzene rings is 1. The van der Waals surface area contributed by atoms with Crippen molar-refractivity contribution in [1.82, 2.24) is 10.2 Å². The quantitative estimate of drug-likeness (QED) is 0.533. The van der Waals surface area contributed by atoms with Crippen LogP contribution >= 0.6 is 12.2 Å².